The molecule has 0 saturated carbocycles. The Morgan fingerprint density at radius 3 is 2.69 bits per heavy atom. The first-order valence-electron chi connectivity index (χ1n) is 8.80. The molecule has 0 radical (unpaired) electrons. The Morgan fingerprint density at radius 2 is 2.04 bits per heavy atom. The third kappa shape index (κ3) is 3.69. The van der Waals surface area contributed by atoms with Gasteiger partial charge in [-0.1, -0.05) is 32.4 Å². The third-order valence-corrected chi connectivity index (χ3v) is 7.54. The van der Waals surface area contributed by atoms with Crippen molar-refractivity contribution in [2.24, 2.45) is 5.92 Å². The van der Waals surface area contributed by atoms with Crippen LogP contribution in [-0.4, -0.2) is 15.0 Å². The molecule has 2 aromatic rings. The van der Waals surface area contributed by atoms with Gasteiger partial charge in [0, 0.05) is 11.1 Å². The number of nitrogens with zero attached hydrogens (tertiary/aromatic N) is 2. The van der Waals surface area contributed by atoms with E-state index >= 15 is 0 Å². The van der Waals surface area contributed by atoms with Crippen molar-refractivity contribution >= 4 is 38.5 Å². The first-order chi connectivity index (χ1) is 12.5. The summed E-state index contributed by atoms with van der Waals surface area (Å²) in [5.74, 6) is 0.480. The van der Waals surface area contributed by atoms with Gasteiger partial charge in [-0.05, 0) is 54.3 Å². The first-order valence-corrected chi connectivity index (χ1v) is 11.1. The maximum Gasteiger partial charge on any atom is 0.264 e. The lowest BCUT2D eigenvalue weighted by Crippen LogP contribution is -2.31. The summed E-state index contributed by atoms with van der Waals surface area (Å²) < 4.78 is 29.2. The fraction of sp³-hybridized carbons (Fsp3) is 0.350. The molecular formula is C20H22N2O2S2. The Labute approximate surface area is 158 Å². The number of hydrogen-bond donors (Lipinski definition) is 0. The summed E-state index contributed by atoms with van der Waals surface area (Å²) >= 11 is 1.53. The zero-order chi connectivity index (χ0) is 18.7. The number of thiophene rings is 1. The second-order valence-corrected chi connectivity index (χ2v) is 9.48. The Hall–Kier alpha value is -2.10. The average Bonchev–Trinajstić information content (AvgIpc) is 3.04. The predicted molar refractivity (Wildman–Crippen MR) is 107 cm³/mol. The van der Waals surface area contributed by atoms with Crippen LogP contribution in [0.15, 0.2) is 35.2 Å². The normalized spacial score (nSPS) is 16.1. The zero-order valence-corrected chi connectivity index (χ0v) is 16.6. The quantitative estimate of drug-likeness (QED) is 0.766. The number of rotatable bonds is 6. The van der Waals surface area contributed by atoms with Crippen molar-refractivity contribution in [3.63, 3.8) is 0 Å². The molecular weight excluding hydrogens is 364 g/mol. The molecule has 0 amide bonds. The van der Waals surface area contributed by atoms with Gasteiger partial charge in [-0.25, -0.2) is 8.42 Å². The van der Waals surface area contributed by atoms with Crippen LogP contribution in [0.3, 0.4) is 0 Å². The van der Waals surface area contributed by atoms with Crippen molar-refractivity contribution in [3.8, 4) is 6.07 Å². The lowest BCUT2D eigenvalue weighted by molar-refractivity contribution is 0.589. The van der Waals surface area contributed by atoms with Crippen molar-refractivity contribution in [1.82, 2.24) is 0 Å². The Balaban J connectivity index is 2.06. The highest BCUT2D eigenvalue weighted by atomic mass is 32.2. The lowest BCUT2D eigenvalue weighted by Gasteiger charge is -2.22. The Kier molecular flexibility index (Phi) is 5.49. The summed E-state index contributed by atoms with van der Waals surface area (Å²) in [5.41, 5.74) is 0.453. The number of hydrogen-bond acceptors (Lipinski definition) is 4. The third-order valence-electron chi connectivity index (χ3n) is 4.46. The van der Waals surface area contributed by atoms with Crippen LogP contribution in [0.5, 0.6) is 0 Å². The predicted octanol–water partition coefficient (Wildman–Crippen LogP) is 3.22. The lowest BCUT2D eigenvalue weighted by atomic mass is 10.0. The Morgan fingerprint density at radius 1 is 1.31 bits per heavy atom. The minimum Gasteiger partial charge on any atom is -0.257 e. The van der Waals surface area contributed by atoms with Crippen LogP contribution >= 0.6 is 11.3 Å². The Bertz CT molecular complexity index is 1040. The molecule has 4 nitrogen and oxygen atoms in total. The minimum absolute atomic E-state index is 0.223. The summed E-state index contributed by atoms with van der Waals surface area (Å²) in [6, 6.07) is 10.1. The van der Waals surface area contributed by atoms with E-state index in [1.54, 1.807) is 12.1 Å². The van der Waals surface area contributed by atoms with Crippen LogP contribution in [0.1, 0.15) is 38.7 Å². The standard InChI is InChI=1S/C20H22N2O2S2/c1-3-4-11-22(20-13-17-8-5-15(2)12-19(17)25-20)26(23,24)18-9-6-16(14-21)7-10-18/h6-10,12-13,15H,3-5,11H2,1-2H3. The zero-order valence-electron chi connectivity index (χ0n) is 15.0. The van der Waals surface area contributed by atoms with Crippen LogP contribution in [0.4, 0.5) is 5.00 Å². The van der Waals surface area contributed by atoms with E-state index < -0.39 is 10.0 Å². The summed E-state index contributed by atoms with van der Waals surface area (Å²) in [5, 5.41) is 10.8. The summed E-state index contributed by atoms with van der Waals surface area (Å²) in [6.07, 6.45) is 7.10. The molecule has 1 aliphatic rings. The van der Waals surface area contributed by atoms with Crippen molar-refractivity contribution < 1.29 is 8.42 Å². The molecule has 3 rings (SSSR count). The molecule has 0 N–H and O–H groups in total. The van der Waals surface area contributed by atoms with Crippen molar-refractivity contribution in [2.75, 3.05) is 10.8 Å². The monoisotopic (exact) mass is 386 g/mol. The number of fused-ring (bicyclic) bond motifs is 1. The van der Waals surface area contributed by atoms with Crippen LogP contribution in [0.25, 0.3) is 12.2 Å². The number of unbranched alkanes of at least 4 members (excludes halogenated alkanes) is 1. The molecule has 1 atom stereocenters. The largest absolute Gasteiger partial charge is 0.264 e. The summed E-state index contributed by atoms with van der Waals surface area (Å²) in [4.78, 5) is 0.223. The van der Waals surface area contributed by atoms with Crippen LogP contribution in [0.2, 0.25) is 0 Å². The van der Waals surface area contributed by atoms with Crippen LogP contribution in [-0.2, 0) is 10.0 Å². The first kappa shape index (κ1) is 18.7. The van der Waals surface area contributed by atoms with Gasteiger partial charge in [-0.3, -0.25) is 4.31 Å². The van der Waals surface area contributed by atoms with Gasteiger partial charge in [0.15, 0.2) is 0 Å². The molecule has 6 heteroatoms. The summed E-state index contributed by atoms with van der Waals surface area (Å²) in [6.45, 7) is 4.67. The maximum absolute atomic E-state index is 13.2. The van der Waals surface area contributed by atoms with Gasteiger partial charge in [-0.15, -0.1) is 11.3 Å². The molecule has 0 fully saturated rings. The van der Waals surface area contributed by atoms with Gasteiger partial charge >= 0.3 is 0 Å². The van der Waals surface area contributed by atoms with Crippen LogP contribution < -0.4 is 14.1 Å². The number of benzene rings is 1. The smallest absolute Gasteiger partial charge is 0.257 e. The van der Waals surface area contributed by atoms with E-state index in [9.17, 15) is 8.42 Å². The average molecular weight is 387 g/mol. The number of anilines is 1. The molecule has 1 aromatic carbocycles. The second kappa shape index (κ2) is 7.65. The topological polar surface area (TPSA) is 61.2 Å². The highest BCUT2D eigenvalue weighted by Crippen LogP contribution is 2.26. The van der Waals surface area contributed by atoms with Gasteiger partial charge in [0.25, 0.3) is 10.0 Å². The maximum atomic E-state index is 13.2. The van der Waals surface area contributed by atoms with E-state index in [0.29, 0.717) is 18.0 Å². The van der Waals surface area contributed by atoms with Gasteiger partial charge in [-0.2, -0.15) is 5.26 Å². The SMILES string of the molecule is CCCCN(c1cc2c(s1)=CC(C)CC=2)S(=O)(=O)c1ccc(C#N)cc1. The van der Waals surface area contributed by atoms with E-state index in [1.165, 1.54) is 27.8 Å². The van der Waals surface area contributed by atoms with Gasteiger partial charge in [0.05, 0.1) is 16.5 Å². The molecule has 0 bridgehead atoms. The van der Waals surface area contributed by atoms with Crippen LogP contribution in [0, 0.1) is 17.2 Å². The van der Waals surface area contributed by atoms with E-state index in [-0.39, 0.29) is 4.90 Å². The van der Waals surface area contributed by atoms with E-state index in [0.717, 1.165) is 34.0 Å². The van der Waals surface area contributed by atoms with E-state index in [1.807, 2.05) is 12.1 Å². The summed E-state index contributed by atoms with van der Waals surface area (Å²) in [7, 11) is -3.66. The highest BCUT2D eigenvalue weighted by molar-refractivity contribution is 7.93. The molecule has 1 aliphatic carbocycles. The highest BCUT2D eigenvalue weighted by Gasteiger charge is 2.26. The molecule has 1 unspecified atom stereocenters. The number of sulfonamides is 1. The van der Waals surface area contributed by atoms with Gasteiger partial charge in [0.1, 0.15) is 5.00 Å². The molecule has 0 aliphatic heterocycles. The van der Waals surface area contributed by atoms with Gasteiger partial charge in [0.2, 0.25) is 0 Å². The molecule has 26 heavy (non-hydrogen) atoms. The molecule has 0 spiro atoms. The van der Waals surface area contributed by atoms with E-state index in [2.05, 4.69) is 26.0 Å². The van der Waals surface area contributed by atoms with E-state index in [4.69, 9.17) is 5.26 Å². The fourth-order valence-corrected chi connectivity index (χ4v) is 5.90. The van der Waals surface area contributed by atoms with Crippen molar-refractivity contribution in [2.45, 2.75) is 38.0 Å². The van der Waals surface area contributed by atoms with Crippen molar-refractivity contribution in [3.05, 3.63) is 45.6 Å². The van der Waals surface area contributed by atoms with Gasteiger partial charge < -0.3 is 0 Å². The minimum atomic E-state index is -3.66. The molecule has 136 valence electrons. The second-order valence-electron chi connectivity index (χ2n) is 6.55. The molecule has 0 saturated heterocycles. The number of nitriles is 1. The molecule has 1 aromatic heterocycles. The fourth-order valence-electron chi connectivity index (χ4n) is 2.94. The van der Waals surface area contributed by atoms with Crippen molar-refractivity contribution in [1.29, 1.82) is 5.26 Å². The molecule has 1 heterocycles.